The van der Waals surface area contributed by atoms with Gasteiger partial charge in [0.2, 0.25) is 0 Å². The molecule has 1 saturated carbocycles. The number of halogens is 6. The molecular formula is C31H51F6N5O3SSi. The molecule has 3 rings (SSSR count). The lowest BCUT2D eigenvalue weighted by molar-refractivity contribution is -0.265. The second-order valence-electron chi connectivity index (χ2n) is 15.2. The summed E-state index contributed by atoms with van der Waals surface area (Å²) in [5.41, 5.74) is 5.26. The van der Waals surface area contributed by atoms with Gasteiger partial charge in [-0.05, 0) is 77.1 Å². The standard InChI is InChI=1S/C31H51F6N5O3SSi/c1-28(2,3)46(43)41-24(18-45-29(4,5)31(35,36)37)27-40-23-15-21(11-12-25(23)42(27)19-44-13-14-47(6,7)8)26(20-9-10-20)39-17-22(38)16-30(32,33)34/h11-12,15,20,22,24,26,39,41H,9-10,13-14,16-19,38H2,1-8H3/t22-,24-,26+,46?/m0/s1. The van der Waals surface area contributed by atoms with E-state index in [4.69, 9.17) is 20.2 Å². The van der Waals surface area contributed by atoms with E-state index < -0.39 is 67.2 Å². The van der Waals surface area contributed by atoms with Gasteiger partial charge in [-0.1, -0.05) is 25.7 Å². The normalized spacial score (nSPS) is 18.0. The molecule has 1 fully saturated rings. The van der Waals surface area contributed by atoms with Crippen molar-refractivity contribution < 1.29 is 40.4 Å². The van der Waals surface area contributed by atoms with Gasteiger partial charge in [-0.15, -0.1) is 4.72 Å². The van der Waals surface area contributed by atoms with E-state index in [2.05, 4.69) is 29.7 Å². The van der Waals surface area contributed by atoms with Crippen LogP contribution < -0.4 is 15.8 Å². The van der Waals surface area contributed by atoms with Crippen LogP contribution in [-0.4, -0.2) is 70.7 Å². The molecule has 1 aromatic carbocycles. The first-order valence-electron chi connectivity index (χ1n) is 15.9. The molecule has 270 valence electrons. The van der Waals surface area contributed by atoms with Gasteiger partial charge in [0, 0.05) is 44.7 Å². The van der Waals surface area contributed by atoms with Gasteiger partial charge in [-0.25, -0.2) is 4.98 Å². The summed E-state index contributed by atoms with van der Waals surface area (Å²) in [5, 5.41) is 3.22. The Labute approximate surface area is 278 Å². The number of alkyl halides is 6. The van der Waals surface area contributed by atoms with Crippen LogP contribution in [0, 0.1) is 5.92 Å². The Balaban J connectivity index is 2.02. The maximum Gasteiger partial charge on any atom is 0.416 e. The number of aromatic nitrogens is 2. The molecule has 16 heteroatoms. The molecule has 4 atom stereocenters. The zero-order valence-electron chi connectivity index (χ0n) is 28.6. The molecule has 1 unspecified atom stereocenters. The third-order valence-corrected chi connectivity index (χ3v) is 11.3. The van der Waals surface area contributed by atoms with Crippen molar-refractivity contribution in [2.24, 2.45) is 11.7 Å². The van der Waals surface area contributed by atoms with Gasteiger partial charge in [0.05, 0.1) is 24.1 Å². The highest BCUT2D eigenvalue weighted by Gasteiger charge is 2.49. The van der Waals surface area contributed by atoms with Crippen molar-refractivity contribution in [3.63, 3.8) is 0 Å². The van der Waals surface area contributed by atoms with Crippen LogP contribution in [-0.2, 0) is 27.6 Å². The highest BCUT2D eigenvalue weighted by atomic mass is 32.2. The molecule has 0 radical (unpaired) electrons. The van der Waals surface area contributed by atoms with Crippen molar-refractivity contribution in [3.8, 4) is 0 Å². The molecule has 1 heterocycles. The number of nitrogens with two attached hydrogens (primary N) is 1. The molecule has 8 nitrogen and oxygen atoms in total. The lowest BCUT2D eigenvalue weighted by Gasteiger charge is -2.32. The van der Waals surface area contributed by atoms with Crippen LogP contribution in [0.15, 0.2) is 18.2 Å². The monoisotopic (exact) mass is 715 g/mol. The summed E-state index contributed by atoms with van der Waals surface area (Å²) >= 11 is -1.69. The van der Waals surface area contributed by atoms with Crippen LogP contribution in [0.5, 0.6) is 0 Å². The molecule has 4 N–H and O–H groups in total. The maximum atomic E-state index is 13.8. The van der Waals surface area contributed by atoms with E-state index in [1.165, 1.54) is 0 Å². The molecule has 1 aliphatic carbocycles. The van der Waals surface area contributed by atoms with Crippen molar-refractivity contribution >= 4 is 30.5 Å². The third-order valence-electron chi connectivity index (χ3n) is 7.98. The van der Waals surface area contributed by atoms with Crippen LogP contribution in [0.2, 0.25) is 25.7 Å². The van der Waals surface area contributed by atoms with Gasteiger partial charge in [0.1, 0.15) is 23.3 Å². The second kappa shape index (κ2) is 15.2. The number of ether oxygens (including phenoxy) is 2. The summed E-state index contributed by atoms with van der Waals surface area (Å²) in [6.07, 6.45) is -8.30. The number of hydrogen-bond donors (Lipinski definition) is 3. The fourth-order valence-electron chi connectivity index (χ4n) is 4.77. The molecule has 47 heavy (non-hydrogen) atoms. The Kier molecular flexibility index (Phi) is 13.0. The maximum absolute atomic E-state index is 13.8. The quantitative estimate of drug-likeness (QED) is 0.0693. The van der Waals surface area contributed by atoms with Crippen LogP contribution in [0.1, 0.15) is 77.4 Å². The summed E-state index contributed by atoms with van der Waals surface area (Å²) in [4.78, 5) is 4.84. The SMILES string of the molecule is CC(C)(C)[S+]([O-])N[C@@H](COC(C)(C)C(F)(F)F)c1nc2cc([C@H](NC[C@@H](N)CC(F)(F)F)C3CC3)ccc2n1COCC[Si](C)(C)C. The number of nitrogens with zero attached hydrogens (tertiary/aromatic N) is 2. The van der Waals surface area contributed by atoms with Gasteiger partial charge in [-0.2, -0.15) is 26.3 Å². The van der Waals surface area contributed by atoms with E-state index >= 15 is 0 Å². The van der Waals surface area contributed by atoms with Crippen LogP contribution in [0.4, 0.5) is 26.3 Å². The Morgan fingerprint density at radius 2 is 1.72 bits per heavy atom. The largest absolute Gasteiger partial charge is 0.598 e. The molecule has 2 aromatic rings. The molecule has 1 aliphatic rings. The number of fused-ring (bicyclic) bond motifs is 1. The molecule has 1 aromatic heterocycles. The minimum absolute atomic E-state index is 0.0275. The number of rotatable bonds is 17. The minimum Gasteiger partial charge on any atom is -0.598 e. The van der Waals surface area contributed by atoms with Gasteiger partial charge >= 0.3 is 12.4 Å². The number of hydrogen-bond acceptors (Lipinski definition) is 7. The molecule has 0 aliphatic heterocycles. The number of benzene rings is 1. The Morgan fingerprint density at radius 3 is 2.26 bits per heavy atom. The topological polar surface area (TPSA) is 109 Å². The highest BCUT2D eigenvalue weighted by molar-refractivity contribution is 7.90. The molecular weight excluding hydrogens is 665 g/mol. The Morgan fingerprint density at radius 1 is 1.09 bits per heavy atom. The Hall–Kier alpha value is -1.40. The first-order valence-corrected chi connectivity index (χ1v) is 20.8. The number of nitrogens with one attached hydrogen (secondary N) is 2. The van der Waals surface area contributed by atoms with E-state index in [0.29, 0.717) is 23.5 Å². The van der Waals surface area contributed by atoms with Gasteiger partial charge in [-0.3, -0.25) is 0 Å². The first-order chi connectivity index (χ1) is 21.4. The van der Waals surface area contributed by atoms with Crippen LogP contribution in [0.25, 0.3) is 11.0 Å². The summed E-state index contributed by atoms with van der Waals surface area (Å²) in [5.74, 6) is 0.516. The minimum atomic E-state index is -4.65. The van der Waals surface area contributed by atoms with Gasteiger partial charge in [0.25, 0.3) is 0 Å². The second-order valence-corrected chi connectivity index (χ2v) is 22.8. The Bertz CT molecular complexity index is 1310. The predicted molar refractivity (Wildman–Crippen MR) is 176 cm³/mol. The van der Waals surface area contributed by atoms with E-state index in [9.17, 15) is 30.9 Å². The van der Waals surface area contributed by atoms with Crippen molar-refractivity contribution in [1.29, 1.82) is 0 Å². The fraction of sp³-hybridized carbons (Fsp3) is 0.774. The molecule has 0 bridgehead atoms. The lowest BCUT2D eigenvalue weighted by atomic mass is 10.0. The third kappa shape index (κ3) is 12.2. The summed E-state index contributed by atoms with van der Waals surface area (Å²) in [6.45, 7) is 13.8. The molecule has 0 amide bonds. The van der Waals surface area contributed by atoms with Crippen LogP contribution >= 0.6 is 0 Å². The molecule has 0 spiro atoms. The smallest absolute Gasteiger partial charge is 0.416 e. The average Bonchev–Trinajstić information content (AvgIpc) is 3.67. The van der Waals surface area contributed by atoms with Gasteiger partial charge < -0.3 is 29.6 Å². The average molecular weight is 716 g/mol. The summed E-state index contributed by atoms with van der Waals surface area (Å²) < 4.78 is 109. The van der Waals surface area contributed by atoms with E-state index in [1.807, 2.05) is 18.2 Å². The van der Waals surface area contributed by atoms with E-state index in [-0.39, 0.29) is 25.2 Å². The first kappa shape index (κ1) is 40.0. The number of imidazole rings is 1. The fourth-order valence-corrected chi connectivity index (χ4v) is 6.31. The van der Waals surface area contributed by atoms with Gasteiger partial charge in [0.15, 0.2) is 5.60 Å². The van der Waals surface area contributed by atoms with Crippen molar-refractivity contribution in [3.05, 3.63) is 29.6 Å². The van der Waals surface area contributed by atoms with Crippen molar-refractivity contribution in [1.82, 2.24) is 19.6 Å². The summed E-state index contributed by atoms with van der Waals surface area (Å²) in [7, 11) is -1.42. The van der Waals surface area contributed by atoms with Crippen LogP contribution in [0.3, 0.4) is 0 Å². The van der Waals surface area contributed by atoms with E-state index in [0.717, 1.165) is 38.3 Å². The highest BCUT2D eigenvalue weighted by Crippen LogP contribution is 2.42. The summed E-state index contributed by atoms with van der Waals surface area (Å²) in [6, 6.07) is 4.06. The zero-order valence-corrected chi connectivity index (χ0v) is 30.4. The molecule has 0 saturated heterocycles. The van der Waals surface area contributed by atoms with Crippen molar-refractivity contribution in [2.45, 2.75) is 127 Å². The zero-order chi connectivity index (χ0) is 35.6. The van der Waals surface area contributed by atoms with Crippen molar-refractivity contribution in [2.75, 3.05) is 19.8 Å². The predicted octanol–water partition coefficient (Wildman–Crippen LogP) is 7.12. The lowest BCUT2D eigenvalue weighted by Crippen LogP contribution is -2.47. The van der Waals surface area contributed by atoms with E-state index in [1.54, 1.807) is 25.3 Å².